The van der Waals surface area contributed by atoms with Crippen LogP contribution in [-0.4, -0.2) is 17.3 Å². The molecule has 4 aromatic rings. The summed E-state index contributed by atoms with van der Waals surface area (Å²) in [5.74, 6) is -0.126. The second-order valence-corrected chi connectivity index (χ2v) is 9.75. The van der Waals surface area contributed by atoms with Crippen molar-refractivity contribution in [2.45, 2.75) is 19.4 Å². The third-order valence-corrected chi connectivity index (χ3v) is 7.06. The normalized spacial score (nSPS) is 18.2. The molecule has 0 N–H and O–H groups in total. The molecule has 6 rings (SSSR count). The van der Waals surface area contributed by atoms with Crippen LogP contribution in [0.4, 0.5) is 11.4 Å². The molecule has 0 aliphatic carbocycles. The molecular weight excluding hydrogens is 492 g/mol. The standard InChI is InChI=1S/C32H25ClN4O/c1-22-29(32(38)37(34-22)27-10-6-3-7-11-27)20-23-12-18-28(19-13-23)36-31(25-8-4-2-5-9-25)21-30(35-36)24-14-16-26(33)17-15-24/h2-20,31H,21H2,1H3/b29-20+/t31-/m0/s1. The van der Waals surface area contributed by atoms with Crippen LogP contribution in [0, 0.1) is 0 Å². The predicted molar refractivity (Wildman–Crippen MR) is 156 cm³/mol. The van der Waals surface area contributed by atoms with Gasteiger partial charge in [-0.2, -0.15) is 15.2 Å². The maximum Gasteiger partial charge on any atom is 0.280 e. The molecule has 0 saturated heterocycles. The van der Waals surface area contributed by atoms with Crippen LogP contribution in [0.1, 0.15) is 36.1 Å². The van der Waals surface area contributed by atoms with Gasteiger partial charge in [0.15, 0.2) is 0 Å². The first-order chi connectivity index (χ1) is 18.6. The fraction of sp³-hybridized carbons (Fsp3) is 0.0938. The summed E-state index contributed by atoms with van der Waals surface area (Å²) in [4.78, 5) is 13.1. The zero-order chi connectivity index (χ0) is 26.1. The third-order valence-electron chi connectivity index (χ3n) is 6.80. The zero-order valence-corrected chi connectivity index (χ0v) is 21.6. The number of carbonyl (C=O) groups excluding carboxylic acids is 1. The fourth-order valence-electron chi connectivity index (χ4n) is 4.82. The van der Waals surface area contributed by atoms with E-state index in [0.717, 1.165) is 34.6 Å². The van der Waals surface area contributed by atoms with Crippen LogP contribution in [0.15, 0.2) is 125 Å². The number of para-hydroxylation sites is 1. The van der Waals surface area contributed by atoms with Crippen molar-refractivity contribution in [2.75, 3.05) is 10.0 Å². The smallest absolute Gasteiger partial charge is 0.267 e. The number of anilines is 2. The number of carbonyl (C=O) groups is 1. The third kappa shape index (κ3) is 4.64. The minimum absolute atomic E-state index is 0.0799. The van der Waals surface area contributed by atoms with Crippen LogP contribution >= 0.6 is 11.6 Å². The fourth-order valence-corrected chi connectivity index (χ4v) is 4.94. The summed E-state index contributed by atoms with van der Waals surface area (Å²) in [5, 5.41) is 13.8. The van der Waals surface area contributed by atoms with Crippen LogP contribution in [0.5, 0.6) is 0 Å². The Morgan fingerprint density at radius 3 is 2.13 bits per heavy atom. The van der Waals surface area contributed by atoms with Gasteiger partial charge in [0.1, 0.15) is 0 Å². The van der Waals surface area contributed by atoms with Gasteiger partial charge in [0, 0.05) is 11.4 Å². The van der Waals surface area contributed by atoms with E-state index in [4.69, 9.17) is 16.7 Å². The molecule has 186 valence electrons. The molecule has 0 spiro atoms. The van der Waals surface area contributed by atoms with Gasteiger partial charge in [-0.15, -0.1) is 0 Å². The highest BCUT2D eigenvalue weighted by Crippen LogP contribution is 2.37. The number of benzene rings is 4. The van der Waals surface area contributed by atoms with Crippen molar-refractivity contribution in [1.29, 1.82) is 0 Å². The van der Waals surface area contributed by atoms with Gasteiger partial charge in [-0.25, -0.2) is 0 Å². The summed E-state index contributed by atoms with van der Waals surface area (Å²) in [5.41, 5.74) is 7.25. The van der Waals surface area contributed by atoms with E-state index >= 15 is 0 Å². The van der Waals surface area contributed by atoms with E-state index in [0.29, 0.717) is 16.3 Å². The molecule has 4 aromatic carbocycles. The quantitative estimate of drug-likeness (QED) is 0.258. The Bertz CT molecular complexity index is 1560. The maximum atomic E-state index is 13.1. The number of hydrazone groups is 2. The van der Waals surface area contributed by atoms with E-state index in [1.165, 1.54) is 10.6 Å². The molecule has 0 fully saturated rings. The number of amides is 1. The van der Waals surface area contributed by atoms with Crippen LogP contribution in [0.25, 0.3) is 6.08 Å². The van der Waals surface area contributed by atoms with Crippen molar-refractivity contribution in [3.8, 4) is 0 Å². The molecule has 0 radical (unpaired) electrons. The Morgan fingerprint density at radius 1 is 0.789 bits per heavy atom. The van der Waals surface area contributed by atoms with Gasteiger partial charge >= 0.3 is 0 Å². The van der Waals surface area contributed by atoms with E-state index < -0.39 is 0 Å². The molecule has 0 bridgehead atoms. The molecule has 0 unspecified atom stereocenters. The minimum Gasteiger partial charge on any atom is -0.267 e. The summed E-state index contributed by atoms with van der Waals surface area (Å²) >= 11 is 6.11. The molecular formula is C32H25ClN4O. The lowest BCUT2D eigenvalue weighted by molar-refractivity contribution is -0.114. The summed E-state index contributed by atoms with van der Waals surface area (Å²) in [6.45, 7) is 1.86. The Balaban J connectivity index is 1.29. The molecule has 38 heavy (non-hydrogen) atoms. The average molecular weight is 517 g/mol. The van der Waals surface area contributed by atoms with Crippen LogP contribution in [0.2, 0.25) is 5.02 Å². The molecule has 1 amide bonds. The monoisotopic (exact) mass is 516 g/mol. The molecule has 2 heterocycles. The Kier molecular flexibility index (Phi) is 6.36. The van der Waals surface area contributed by atoms with Gasteiger partial charge in [0.05, 0.1) is 34.4 Å². The van der Waals surface area contributed by atoms with Crippen LogP contribution in [0.3, 0.4) is 0 Å². The SMILES string of the molecule is CC1=NN(c2ccccc2)C(=O)/C1=C/c1ccc(N2N=C(c3ccc(Cl)cc3)C[C@H]2c2ccccc2)cc1. The highest BCUT2D eigenvalue weighted by atomic mass is 35.5. The first-order valence-electron chi connectivity index (χ1n) is 12.5. The van der Waals surface area contributed by atoms with Crippen molar-refractivity contribution in [3.05, 3.63) is 136 Å². The molecule has 6 heteroatoms. The largest absolute Gasteiger partial charge is 0.280 e. The first kappa shape index (κ1) is 23.9. The lowest BCUT2D eigenvalue weighted by atomic mass is 9.98. The summed E-state index contributed by atoms with van der Waals surface area (Å²) in [7, 11) is 0. The van der Waals surface area contributed by atoms with Crippen molar-refractivity contribution < 1.29 is 4.79 Å². The first-order valence-corrected chi connectivity index (χ1v) is 12.9. The van der Waals surface area contributed by atoms with Crippen molar-refractivity contribution >= 4 is 46.4 Å². The Labute approximate surface area is 227 Å². The number of hydrogen-bond acceptors (Lipinski definition) is 4. The molecule has 1 atom stereocenters. The predicted octanol–water partition coefficient (Wildman–Crippen LogP) is 7.50. The molecule has 0 aromatic heterocycles. The zero-order valence-electron chi connectivity index (χ0n) is 20.8. The van der Waals surface area contributed by atoms with E-state index in [1.807, 2.05) is 85.8 Å². The van der Waals surface area contributed by atoms with Crippen molar-refractivity contribution in [1.82, 2.24) is 0 Å². The molecule has 0 saturated carbocycles. The van der Waals surface area contributed by atoms with Gasteiger partial charge < -0.3 is 0 Å². The van der Waals surface area contributed by atoms with Crippen molar-refractivity contribution in [2.24, 2.45) is 10.2 Å². The summed E-state index contributed by atoms with van der Waals surface area (Å²) < 4.78 is 0. The summed E-state index contributed by atoms with van der Waals surface area (Å²) in [6.07, 6.45) is 2.69. The lowest BCUT2D eigenvalue weighted by Gasteiger charge is -2.24. The average Bonchev–Trinajstić information content (AvgIpc) is 3.52. The maximum absolute atomic E-state index is 13.1. The number of nitrogens with zero attached hydrogens (tertiary/aromatic N) is 4. The Morgan fingerprint density at radius 2 is 1.45 bits per heavy atom. The van der Waals surface area contributed by atoms with E-state index in [2.05, 4.69) is 46.5 Å². The van der Waals surface area contributed by atoms with Gasteiger partial charge in [0.2, 0.25) is 0 Å². The van der Waals surface area contributed by atoms with Gasteiger partial charge in [-0.05, 0) is 66.1 Å². The van der Waals surface area contributed by atoms with Crippen LogP contribution < -0.4 is 10.0 Å². The summed E-state index contributed by atoms with van der Waals surface area (Å²) in [6, 6.07) is 36.0. The lowest BCUT2D eigenvalue weighted by Crippen LogP contribution is -2.21. The second-order valence-electron chi connectivity index (χ2n) is 9.32. The van der Waals surface area contributed by atoms with E-state index in [-0.39, 0.29) is 11.9 Å². The molecule has 2 aliphatic heterocycles. The highest BCUT2D eigenvalue weighted by Gasteiger charge is 2.30. The number of rotatable bonds is 5. The van der Waals surface area contributed by atoms with Crippen LogP contribution in [-0.2, 0) is 4.79 Å². The van der Waals surface area contributed by atoms with Crippen molar-refractivity contribution in [3.63, 3.8) is 0 Å². The number of halogens is 1. The topological polar surface area (TPSA) is 48.3 Å². The Hall–Kier alpha value is -4.48. The molecule has 5 nitrogen and oxygen atoms in total. The minimum atomic E-state index is -0.126. The second kappa shape index (κ2) is 10.1. The molecule has 2 aliphatic rings. The number of hydrogen-bond donors (Lipinski definition) is 0. The van der Waals surface area contributed by atoms with E-state index in [1.54, 1.807) is 0 Å². The van der Waals surface area contributed by atoms with Gasteiger partial charge in [-0.3, -0.25) is 9.80 Å². The van der Waals surface area contributed by atoms with E-state index in [9.17, 15) is 4.79 Å². The van der Waals surface area contributed by atoms with Gasteiger partial charge in [0.25, 0.3) is 5.91 Å². The highest BCUT2D eigenvalue weighted by molar-refractivity contribution is 6.32. The van der Waals surface area contributed by atoms with Gasteiger partial charge in [-0.1, -0.05) is 84.4 Å².